The fourth-order valence-corrected chi connectivity index (χ4v) is 2.03. The van der Waals surface area contributed by atoms with Crippen molar-refractivity contribution in [2.45, 2.75) is 32.2 Å². The van der Waals surface area contributed by atoms with Crippen molar-refractivity contribution in [2.24, 2.45) is 0 Å². The van der Waals surface area contributed by atoms with E-state index in [1.165, 1.54) is 19.2 Å². The third-order valence-corrected chi connectivity index (χ3v) is 3.06. The summed E-state index contributed by atoms with van der Waals surface area (Å²) in [6, 6.07) is 6.09. The number of nitrogens with one attached hydrogen (secondary N) is 1. The van der Waals surface area contributed by atoms with Gasteiger partial charge in [0.15, 0.2) is 0 Å². The molecule has 0 amide bonds. The molecule has 0 heterocycles. The van der Waals surface area contributed by atoms with Crippen LogP contribution in [0.5, 0.6) is 0 Å². The summed E-state index contributed by atoms with van der Waals surface area (Å²) >= 11 is 0. The van der Waals surface area contributed by atoms with Crippen molar-refractivity contribution in [1.82, 2.24) is 5.32 Å². The second-order valence-corrected chi connectivity index (χ2v) is 4.19. The molecular formula is C14H20FNO2. The molecule has 1 unspecified atom stereocenters. The Balaban J connectivity index is 3.20. The number of hydrogen-bond acceptors (Lipinski definition) is 3. The van der Waals surface area contributed by atoms with Crippen LogP contribution in [0.4, 0.5) is 4.39 Å². The van der Waals surface area contributed by atoms with Crippen LogP contribution < -0.4 is 5.32 Å². The minimum absolute atomic E-state index is 0.354. The van der Waals surface area contributed by atoms with Crippen LogP contribution >= 0.6 is 0 Å². The van der Waals surface area contributed by atoms with Crippen molar-refractivity contribution in [2.75, 3.05) is 13.7 Å². The van der Waals surface area contributed by atoms with Gasteiger partial charge in [-0.1, -0.05) is 26.0 Å². The van der Waals surface area contributed by atoms with Crippen molar-refractivity contribution < 1.29 is 13.9 Å². The van der Waals surface area contributed by atoms with Crippen molar-refractivity contribution in [3.8, 4) is 0 Å². The molecule has 0 aliphatic rings. The lowest BCUT2D eigenvalue weighted by molar-refractivity contribution is -0.149. The predicted octanol–water partition coefficient (Wildman–Crippen LogP) is 2.60. The number of carbonyl (C=O) groups excluding carboxylic acids is 1. The number of esters is 1. The van der Waals surface area contributed by atoms with Gasteiger partial charge in [-0.05, 0) is 37.1 Å². The van der Waals surface area contributed by atoms with Crippen LogP contribution in [-0.2, 0) is 15.1 Å². The summed E-state index contributed by atoms with van der Waals surface area (Å²) in [6.45, 7) is 4.56. The van der Waals surface area contributed by atoms with E-state index in [0.717, 1.165) is 6.42 Å². The zero-order valence-electron chi connectivity index (χ0n) is 11.1. The van der Waals surface area contributed by atoms with E-state index in [2.05, 4.69) is 5.32 Å². The highest BCUT2D eigenvalue weighted by Crippen LogP contribution is 2.27. The van der Waals surface area contributed by atoms with Crippen LogP contribution in [0, 0.1) is 5.82 Å². The maximum atomic E-state index is 13.3. The van der Waals surface area contributed by atoms with E-state index < -0.39 is 5.54 Å². The van der Waals surface area contributed by atoms with Crippen molar-refractivity contribution in [3.05, 3.63) is 35.6 Å². The van der Waals surface area contributed by atoms with Gasteiger partial charge in [0, 0.05) is 0 Å². The molecule has 1 atom stereocenters. The molecule has 1 aromatic rings. The quantitative estimate of drug-likeness (QED) is 0.792. The van der Waals surface area contributed by atoms with Crippen molar-refractivity contribution >= 4 is 5.97 Å². The summed E-state index contributed by atoms with van der Waals surface area (Å²) in [5.74, 6) is -0.739. The third-order valence-electron chi connectivity index (χ3n) is 3.06. The van der Waals surface area contributed by atoms with Crippen LogP contribution in [0.2, 0.25) is 0 Å². The van der Waals surface area contributed by atoms with Gasteiger partial charge in [0.25, 0.3) is 0 Å². The topological polar surface area (TPSA) is 38.3 Å². The molecule has 1 N–H and O–H groups in total. The third kappa shape index (κ3) is 2.88. The molecule has 18 heavy (non-hydrogen) atoms. The molecule has 0 saturated heterocycles. The number of rotatable bonds is 6. The van der Waals surface area contributed by atoms with Crippen LogP contribution in [0.3, 0.4) is 0 Å². The fraction of sp³-hybridized carbons (Fsp3) is 0.500. The van der Waals surface area contributed by atoms with Crippen LogP contribution in [-0.4, -0.2) is 19.6 Å². The van der Waals surface area contributed by atoms with Gasteiger partial charge in [-0.25, -0.2) is 9.18 Å². The number of carbonyl (C=O) groups is 1. The van der Waals surface area contributed by atoms with E-state index in [0.29, 0.717) is 18.5 Å². The summed E-state index contributed by atoms with van der Waals surface area (Å²) in [5, 5.41) is 3.19. The Kier molecular flexibility index (Phi) is 5.28. The van der Waals surface area contributed by atoms with Gasteiger partial charge >= 0.3 is 5.97 Å². The number of hydrogen-bond donors (Lipinski definition) is 1. The Hall–Kier alpha value is -1.42. The van der Waals surface area contributed by atoms with Gasteiger partial charge < -0.3 is 4.74 Å². The largest absolute Gasteiger partial charge is 0.467 e. The first-order valence-electron chi connectivity index (χ1n) is 6.20. The number of methoxy groups -OCH3 is 1. The van der Waals surface area contributed by atoms with Gasteiger partial charge in [-0.15, -0.1) is 0 Å². The van der Waals surface area contributed by atoms with Crippen LogP contribution in [0.25, 0.3) is 0 Å². The lowest BCUT2D eigenvalue weighted by Gasteiger charge is -2.31. The first-order valence-corrected chi connectivity index (χ1v) is 6.20. The zero-order chi connectivity index (χ0) is 13.6. The number of benzene rings is 1. The predicted molar refractivity (Wildman–Crippen MR) is 68.7 cm³/mol. The van der Waals surface area contributed by atoms with Crippen LogP contribution in [0.15, 0.2) is 24.3 Å². The molecule has 100 valence electrons. The van der Waals surface area contributed by atoms with Crippen molar-refractivity contribution in [1.29, 1.82) is 0 Å². The van der Waals surface area contributed by atoms with E-state index in [4.69, 9.17) is 4.74 Å². The normalized spacial score (nSPS) is 14.0. The average molecular weight is 253 g/mol. The molecule has 0 bridgehead atoms. The van der Waals surface area contributed by atoms with E-state index in [1.54, 1.807) is 12.1 Å². The van der Waals surface area contributed by atoms with Gasteiger partial charge in [0.1, 0.15) is 11.4 Å². The van der Waals surface area contributed by atoms with E-state index in [9.17, 15) is 9.18 Å². The minimum Gasteiger partial charge on any atom is -0.467 e. The maximum absolute atomic E-state index is 13.3. The summed E-state index contributed by atoms with van der Waals surface area (Å²) in [7, 11) is 1.35. The van der Waals surface area contributed by atoms with Gasteiger partial charge in [0.2, 0.25) is 0 Å². The maximum Gasteiger partial charge on any atom is 0.330 e. The van der Waals surface area contributed by atoms with Gasteiger partial charge in [-0.3, -0.25) is 5.32 Å². The highest BCUT2D eigenvalue weighted by Gasteiger charge is 2.39. The smallest absolute Gasteiger partial charge is 0.330 e. The van der Waals surface area contributed by atoms with Gasteiger partial charge in [-0.2, -0.15) is 0 Å². The Bertz CT molecular complexity index is 409. The molecule has 0 aliphatic heterocycles. The molecule has 0 radical (unpaired) electrons. The van der Waals surface area contributed by atoms with E-state index in [-0.39, 0.29) is 11.8 Å². The second-order valence-electron chi connectivity index (χ2n) is 4.19. The molecule has 4 heteroatoms. The number of ether oxygens (including phenoxy) is 1. The first kappa shape index (κ1) is 14.6. The Morgan fingerprint density at radius 1 is 1.44 bits per heavy atom. The lowest BCUT2D eigenvalue weighted by Crippen LogP contribution is -2.49. The molecule has 1 aromatic carbocycles. The molecule has 0 aliphatic carbocycles. The Morgan fingerprint density at radius 2 is 2.17 bits per heavy atom. The highest BCUT2D eigenvalue weighted by atomic mass is 19.1. The lowest BCUT2D eigenvalue weighted by atomic mass is 9.87. The second kappa shape index (κ2) is 6.50. The molecule has 0 saturated carbocycles. The Labute approximate surface area is 107 Å². The molecular weight excluding hydrogens is 233 g/mol. The fourth-order valence-electron chi connectivity index (χ4n) is 2.03. The minimum atomic E-state index is -0.965. The molecule has 3 nitrogen and oxygen atoms in total. The molecule has 0 aromatic heterocycles. The van der Waals surface area contributed by atoms with Crippen molar-refractivity contribution in [3.63, 3.8) is 0 Å². The summed E-state index contributed by atoms with van der Waals surface area (Å²) in [5.41, 5.74) is -0.363. The summed E-state index contributed by atoms with van der Waals surface area (Å²) in [4.78, 5) is 12.1. The SMILES string of the molecule is CCCNC(CC)(C(=O)OC)c1cccc(F)c1. The summed E-state index contributed by atoms with van der Waals surface area (Å²) in [6.07, 6.45) is 1.39. The molecule has 1 rings (SSSR count). The summed E-state index contributed by atoms with van der Waals surface area (Å²) < 4.78 is 18.2. The Morgan fingerprint density at radius 3 is 2.67 bits per heavy atom. The van der Waals surface area contributed by atoms with E-state index >= 15 is 0 Å². The van der Waals surface area contributed by atoms with E-state index in [1.807, 2.05) is 13.8 Å². The average Bonchev–Trinajstić information content (AvgIpc) is 2.39. The molecule has 0 fully saturated rings. The monoisotopic (exact) mass is 253 g/mol. The first-order chi connectivity index (χ1) is 8.60. The zero-order valence-corrected chi connectivity index (χ0v) is 11.1. The highest BCUT2D eigenvalue weighted by molar-refractivity contribution is 5.82. The standard InChI is InChI=1S/C14H20FNO2/c1-4-9-16-14(5-2,13(17)18-3)11-7-6-8-12(15)10-11/h6-8,10,16H,4-5,9H2,1-3H3. The number of halogens is 1. The van der Waals surface area contributed by atoms with Crippen LogP contribution in [0.1, 0.15) is 32.3 Å². The molecule has 0 spiro atoms. The van der Waals surface area contributed by atoms with Gasteiger partial charge in [0.05, 0.1) is 7.11 Å².